The zero-order chi connectivity index (χ0) is 19.0. The smallest absolute Gasteiger partial charge is 0.164 e. The topological polar surface area (TPSA) is 59.0 Å². The Morgan fingerprint density at radius 2 is 2.00 bits per heavy atom. The molecule has 0 aromatic heterocycles. The van der Waals surface area contributed by atoms with Crippen LogP contribution in [0.2, 0.25) is 0 Å². The molecule has 2 heterocycles. The highest BCUT2D eigenvalue weighted by Crippen LogP contribution is 2.39. The summed E-state index contributed by atoms with van der Waals surface area (Å²) in [6, 6.07) is 15.8. The minimum Gasteiger partial charge on any atom is -0.495 e. The van der Waals surface area contributed by atoms with Gasteiger partial charge in [0.05, 0.1) is 36.4 Å². The number of rotatable bonds is 4. The van der Waals surface area contributed by atoms with Crippen LogP contribution in [0.15, 0.2) is 53.5 Å². The van der Waals surface area contributed by atoms with Crippen LogP contribution in [0.5, 0.6) is 5.75 Å². The third-order valence-electron chi connectivity index (χ3n) is 4.90. The van der Waals surface area contributed by atoms with Gasteiger partial charge in [0, 0.05) is 5.75 Å². The van der Waals surface area contributed by atoms with E-state index in [0.717, 1.165) is 22.4 Å². The lowest BCUT2D eigenvalue weighted by Crippen LogP contribution is -2.39. The Morgan fingerprint density at radius 1 is 1.19 bits per heavy atom. The van der Waals surface area contributed by atoms with E-state index >= 15 is 0 Å². The number of para-hydroxylation sites is 2. The van der Waals surface area contributed by atoms with Gasteiger partial charge in [-0.3, -0.25) is 4.99 Å². The number of sulfone groups is 1. The molecule has 2 aliphatic rings. The molecule has 0 amide bonds. The minimum absolute atomic E-state index is 0.123. The van der Waals surface area contributed by atoms with Gasteiger partial charge in [0.1, 0.15) is 5.75 Å². The summed E-state index contributed by atoms with van der Waals surface area (Å²) in [5, 5.41) is 0.867. The molecule has 2 aromatic carbocycles. The maximum atomic E-state index is 12.2. The van der Waals surface area contributed by atoms with E-state index < -0.39 is 9.84 Å². The Morgan fingerprint density at radius 3 is 2.78 bits per heavy atom. The highest BCUT2D eigenvalue weighted by atomic mass is 32.2. The first-order chi connectivity index (χ1) is 13.0. The van der Waals surface area contributed by atoms with Crippen LogP contribution in [-0.2, 0) is 15.6 Å². The van der Waals surface area contributed by atoms with E-state index in [0.29, 0.717) is 0 Å². The summed E-state index contributed by atoms with van der Waals surface area (Å²) < 4.78 is 29.9. The zero-order valence-electron chi connectivity index (χ0n) is 15.3. The van der Waals surface area contributed by atoms with Crippen LogP contribution >= 0.6 is 11.8 Å². The van der Waals surface area contributed by atoms with Gasteiger partial charge in [-0.15, -0.1) is 0 Å². The molecule has 0 saturated carbocycles. The molecule has 0 radical (unpaired) electrons. The van der Waals surface area contributed by atoms with Crippen molar-refractivity contribution in [2.45, 2.75) is 24.8 Å². The van der Waals surface area contributed by atoms with Crippen LogP contribution in [0.25, 0.3) is 0 Å². The Kier molecular flexibility index (Phi) is 4.90. The van der Waals surface area contributed by atoms with Crippen molar-refractivity contribution in [2.24, 2.45) is 4.99 Å². The van der Waals surface area contributed by atoms with Crippen LogP contribution in [0.3, 0.4) is 0 Å². The highest BCUT2D eigenvalue weighted by Gasteiger charge is 2.47. The minimum atomic E-state index is -3.06. The van der Waals surface area contributed by atoms with Crippen molar-refractivity contribution in [1.29, 1.82) is 0 Å². The van der Waals surface area contributed by atoms with Gasteiger partial charge >= 0.3 is 0 Å². The van der Waals surface area contributed by atoms with Gasteiger partial charge in [0.2, 0.25) is 0 Å². The normalized spacial score (nSPS) is 23.2. The molecule has 142 valence electrons. The third kappa shape index (κ3) is 3.71. The maximum Gasteiger partial charge on any atom is 0.164 e. The van der Waals surface area contributed by atoms with Crippen molar-refractivity contribution in [2.75, 3.05) is 23.5 Å². The van der Waals surface area contributed by atoms with Crippen LogP contribution in [0.4, 0.5) is 5.69 Å². The third-order valence-corrected chi connectivity index (χ3v) is 7.64. The first kappa shape index (κ1) is 18.4. The van der Waals surface area contributed by atoms with Crippen molar-refractivity contribution < 1.29 is 13.2 Å². The fourth-order valence-corrected chi connectivity index (χ4v) is 6.60. The summed E-state index contributed by atoms with van der Waals surface area (Å²) in [5.41, 5.74) is 3.33. The van der Waals surface area contributed by atoms with Gasteiger partial charge in [-0.05, 0) is 24.6 Å². The monoisotopic (exact) mass is 402 g/mol. The Labute approximate surface area is 164 Å². The van der Waals surface area contributed by atoms with E-state index in [4.69, 9.17) is 9.73 Å². The Hall–Kier alpha value is -1.99. The molecule has 0 spiro atoms. The standard InChI is InChI=1S/C20H22N2O3S2/c1-14-6-5-7-15(10-14)11-26-20-21-16-12-27(23,24)13-18(16)22(20)17-8-3-4-9-19(17)25-2/h3-10,16,18H,11-13H2,1-2H3/t16-,18+/m0/s1. The Balaban J connectivity index is 1.65. The number of aliphatic imine (C=N–C) groups is 1. The number of fused-ring (bicyclic) bond motifs is 1. The molecular formula is C20H22N2O3S2. The molecule has 0 N–H and O–H groups in total. The second kappa shape index (κ2) is 7.20. The lowest BCUT2D eigenvalue weighted by molar-refractivity contribution is 0.415. The molecule has 0 bridgehead atoms. The molecule has 7 heteroatoms. The number of hydrogen-bond acceptors (Lipinski definition) is 6. The molecule has 1 saturated heterocycles. The molecule has 2 atom stereocenters. The second-order valence-corrected chi connectivity index (χ2v) is 10.0. The van der Waals surface area contributed by atoms with Crippen LogP contribution in [0, 0.1) is 6.92 Å². The number of amidine groups is 1. The van der Waals surface area contributed by atoms with Gasteiger partial charge in [-0.1, -0.05) is 53.7 Å². The number of hydrogen-bond donors (Lipinski definition) is 0. The lowest BCUT2D eigenvalue weighted by atomic mass is 10.1. The zero-order valence-corrected chi connectivity index (χ0v) is 17.0. The van der Waals surface area contributed by atoms with Crippen molar-refractivity contribution in [3.05, 3.63) is 59.7 Å². The van der Waals surface area contributed by atoms with E-state index in [1.807, 2.05) is 24.3 Å². The van der Waals surface area contributed by atoms with E-state index in [2.05, 4.69) is 36.1 Å². The van der Waals surface area contributed by atoms with Gasteiger partial charge in [-0.2, -0.15) is 0 Å². The maximum absolute atomic E-state index is 12.2. The second-order valence-electron chi connectivity index (χ2n) is 6.94. The van der Waals surface area contributed by atoms with Crippen molar-refractivity contribution in [3.63, 3.8) is 0 Å². The van der Waals surface area contributed by atoms with Crippen molar-refractivity contribution in [1.82, 2.24) is 0 Å². The van der Waals surface area contributed by atoms with E-state index in [1.54, 1.807) is 18.9 Å². The number of benzene rings is 2. The summed E-state index contributed by atoms with van der Waals surface area (Å²) in [5.74, 6) is 1.77. The fraction of sp³-hybridized carbons (Fsp3) is 0.350. The molecule has 0 unspecified atom stereocenters. The predicted molar refractivity (Wildman–Crippen MR) is 112 cm³/mol. The van der Waals surface area contributed by atoms with E-state index in [-0.39, 0.29) is 23.6 Å². The van der Waals surface area contributed by atoms with E-state index in [1.165, 1.54) is 11.1 Å². The summed E-state index contributed by atoms with van der Waals surface area (Å²) in [7, 11) is -1.43. The Bertz CT molecular complexity index is 988. The number of anilines is 1. The average molecular weight is 403 g/mol. The summed E-state index contributed by atoms with van der Waals surface area (Å²) >= 11 is 1.65. The first-order valence-corrected chi connectivity index (χ1v) is 11.7. The highest BCUT2D eigenvalue weighted by molar-refractivity contribution is 8.13. The van der Waals surface area contributed by atoms with E-state index in [9.17, 15) is 8.42 Å². The average Bonchev–Trinajstić information content (AvgIpc) is 3.11. The summed E-state index contributed by atoms with van der Waals surface area (Å²) in [4.78, 5) is 6.85. The van der Waals surface area contributed by atoms with Gasteiger partial charge in [0.15, 0.2) is 15.0 Å². The number of aryl methyl sites for hydroxylation is 1. The molecule has 5 nitrogen and oxygen atoms in total. The number of ether oxygens (including phenoxy) is 1. The number of nitrogens with zero attached hydrogens (tertiary/aromatic N) is 2. The van der Waals surface area contributed by atoms with Gasteiger partial charge in [0.25, 0.3) is 0 Å². The van der Waals surface area contributed by atoms with Crippen molar-refractivity contribution >= 4 is 32.5 Å². The molecule has 2 aromatic rings. The molecule has 27 heavy (non-hydrogen) atoms. The lowest BCUT2D eigenvalue weighted by Gasteiger charge is -2.27. The van der Waals surface area contributed by atoms with Crippen LogP contribution < -0.4 is 9.64 Å². The van der Waals surface area contributed by atoms with Gasteiger partial charge < -0.3 is 9.64 Å². The quantitative estimate of drug-likeness (QED) is 0.786. The molecule has 4 rings (SSSR count). The summed E-state index contributed by atoms with van der Waals surface area (Å²) in [6.45, 7) is 2.08. The van der Waals surface area contributed by atoms with Gasteiger partial charge in [-0.25, -0.2) is 8.42 Å². The number of methoxy groups -OCH3 is 1. The van der Waals surface area contributed by atoms with Crippen LogP contribution in [-0.4, -0.2) is 44.3 Å². The molecule has 2 aliphatic heterocycles. The van der Waals surface area contributed by atoms with Crippen LogP contribution in [0.1, 0.15) is 11.1 Å². The summed E-state index contributed by atoms with van der Waals surface area (Å²) in [6.07, 6.45) is 0. The first-order valence-electron chi connectivity index (χ1n) is 8.86. The molecule has 1 fully saturated rings. The molecular weight excluding hydrogens is 380 g/mol. The predicted octanol–water partition coefficient (Wildman–Crippen LogP) is 3.28. The van der Waals surface area contributed by atoms with Crippen molar-refractivity contribution in [3.8, 4) is 5.75 Å². The number of thioether (sulfide) groups is 1. The molecule has 0 aliphatic carbocycles. The SMILES string of the molecule is COc1ccccc1N1C(SCc2cccc(C)c2)=N[C@H]2CS(=O)(=O)C[C@H]21. The fourth-order valence-electron chi connectivity index (χ4n) is 3.69. The largest absolute Gasteiger partial charge is 0.495 e.